The summed E-state index contributed by atoms with van der Waals surface area (Å²) in [5.74, 6) is -1.00. The van der Waals surface area contributed by atoms with Crippen molar-refractivity contribution >= 4 is 5.69 Å². The Bertz CT molecular complexity index is 766. The van der Waals surface area contributed by atoms with E-state index in [1.807, 2.05) is 0 Å². The lowest BCUT2D eigenvalue weighted by atomic mass is 10.1. The van der Waals surface area contributed by atoms with Crippen LogP contribution >= 0.6 is 0 Å². The van der Waals surface area contributed by atoms with Crippen LogP contribution in [-0.4, -0.2) is 11.7 Å². The summed E-state index contributed by atoms with van der Waals surface area (Å²) >= 11 is 0. The highest BCUT2D eigenvalue weighted by Crippen LogP contribution is 2.32. The number of benzene rings is 2. The van der Waals surface area contributed by atoms with E-state index in [9.17, 15) is 18.9 Å². The number of nitro groups is 1. The van der Waals surface area contributed by atoms with E-state index in [2.05, 4.69) is 0 Å². The Morgan fingerprint density at radius 3 is 2.83 bits per heavy atom. The van der Waals surface area contributed by atoms with Gasteiger partial charge in [-0.05, 0) is 18.2 Å². The molecule has 0 saturated heterocycles. The van der Waals surface area contributed by atoms with E-state index in [0.29, 0.717) is 16.9 Å². The topological polar surface area (TPSA) is 70.8 Å². The molecule has 0 bridgehead atoms. The van der Waals surface area contributed by atoms with E-state index in [4.69, 9.17) is 14.2 Å². The molecule has 0 spiro atoms. The lowest BCUT2D eigenvalue weighted by molar-refractivity contribution is -0.386. The van der Waals surface area contributed by atoms with Gasteiger partial charge in [0.15, 0.2) is 12.5 Å². The highest BCUT2D eigenvalue weighted by molar-refractivity contribution is 5.47. The molecule has 0 aliphatic carbocycles. The van der Waals surface area contributed by atoms with Crippen molar-refractivity contribution < 1.29 is 27.9 Å². The summed E-state index contributed by atoms with van der Waals surface area (Å²) in [5.41, 5.74) is 0.506. The van der Waals surface area contributed by atoms with E-state index < -0.39 is 16.6 Å². The molecule has 1 heterocycles. The number of rotatable bonds is 4. The van der Waals surface area contributed by atoms with Gasteiger partial charge >= 0.3 is 5.69 Å². The zero-order valence-electron chi connectivity index (χ0n) is 11.8. The first-order chi connectivity index (χ1) is 11.0. The Morgan fingerprint density at radius 2 is 2.04 bits per heavy atom. The molecule has 0 radical (unpaired) electrons. The third kappa shape index (κ3) is 3.21. The molecule has 8 heteroatoms. The average molecular weight is 323 g/mol. The smallest absolute Gasteiger partial charge is 0.311 e. The molecule has 0 N–H and O–H groups in total. The SMILES string of the molecule is O=[N+]([O-])c1ccc(F)cc1OCc1cc(F)cc2c1OCOC2. The maximum Gasteiger partial charge on any atom is 0.311 e. The first kappa shape index (κ1) is 15.2. The molecule has 23 heavy (non-hydrogen) atoms. The zero-order valence-corrected chi connectivity index (χ0v) is 11.8. The molecule has 3 rings (SSSR count). The third-order valence-corrected chi connectivity index (χ3v) is 3.25. The number of fused-ring (bicyclic) bond motifs is 1. The van der Waals surface area contributed by atoms with Crippen LogP contribution in [-0.2, 0) is 18.0 Å². The first-order valence-corrected chi connectivity index (χ1v) is 6.63. The van der Waals surface area contributed by atoms with E-state index in [1.165, 1.54) is 12.1 Å². The van der Waals surface area contributed by atoms with Crippen LogP contribution in [0.1, 0.15) is 11.1 Å². The minimum atomic E-state index is -0.680. The summed E-state index contributed by atoms with van der Waals surface area (Å²) in [6.45, 7) is 0.0103. The van der Waals surface area contributed by atoms with E-state index >= 15 is 0 Å². The van der Waals surface area contributed by atoms with Gasteiger partial charge in [-0.3, -0.25) is 10.1 Å². The number of nitro benzene ring substituents is 1. The van der Waals surface area contributed by atoms with Crippen LogP contribution < -0.4 is 9.47 Å². The second-order valence-electron chi connectivity index (χ2n) is 4.82. The first-order valence-electron chi connectivity index (χ1n) is 6.63. The van der Waals surface area contributed by atoms with Crippen molar-refractivity contribution in [2.24, 2.45) is 0 Å². The van der Waals surface area contributed by atoms with Gasteiger partial charge in [-0.25, -0.2) is 8.78 Å². The van der Waals surface area contributed by atoms with Crippen molar-refractivity contribution in [2.45, 2.75) is 13.2 Å². The number of halogens is 2. The van der Waals surface area contributed by atoms with Crippen LogP contribution in [0.15, 0.2) is 30.3 Å². The highest BCUT2D eigenvalue weighted by atomic mass is 19.1. The summed E-state index contributed by atoms with van der Waals surface area (Å²) in [7, 11) is 0. The Hall–Kier alpha value is -2.74. The minimum absolute atomic E-state index is 0.0196. The van der Waals surface area contributed by atoms with E-state index in [0.717, 1.165) is 18.2 Å². The van der Waals surface area contributed by atoms with Crippen LogP contribution in [0.3, 0.4) is 0 Å². The molecule has 2 aromatic rings. The normalized spacial score (nSPS) is 13.1. The van der Waals surface area contributed by atoms with Crippen molar-refractivity contribution in [3.05, 3.63) is 63.2 Å². The maximum absolute atomic E-state index is 13.6. The number of ether oxygens (including phenoxy) is 3. The van der Waals surface area contributed by atoms with Crippen molar-refractivity contribution in [3.63, 3.8) is 0 Å². The molecule has 120 valence electrons. The fourth-order valence-corrected chi connectivity index (χ4v) is 2.27. The van der Waals surface area contributed by atoms with Crippen molar-refractivity contribution in [1.29, 1.82) is 0 Å². The monoisotopic (exact) mass is 323 g/mol. The second-order valence-corrected chi connectivity index (χ2v) is 4.82. The van der Waals surface area contributed by atoms with Gasteiger partial charge < -0.3 is 14.2 Å². The molecule has 1 aliphatic rings. The van der Waals surface area contributed by atoms with Crippen LogP contribution in [0.5, 0.6) is 11.5 Å². The molecule has 2 aromatic carbocycles. The van der Waals surface area contributed by atoms with Crippen LogP contribution in [0.25, 0.3) is 0 Å². The van der Waals surface area contributed by atoms with Crippen molar-refractivity contribution in [3.8, 4) is 11.5 Å². The predicted molar refractivity (Wildman–Crippen MR) is 74.1 cm³/mol. The highest BCUT2D eigenvalue weighted by Gasteiger charge is 2.20. The van der Waals surface area contributed by atoms with Gasteiger partial charge in [-0.15, -0.1) is 0 Å². The Morgan fingerprint density at radius 1 is 1.22 bits per heavy atom. The Labute approximate surface area is 129 Å². The standard InChI is InChI=1S/C15H11F2NO5/c16-11-1-2-13(18(19)20)14(5-11)22-7-10-4-12(17)3-9-6-21-8-23-15(9)10/h1-5H,6-8H2. The second kappa shape index (κ2) is 6.17. The molecule has 6 nitrogen and oxygen atoms in total. The fraction of sp³-hybridized carbons (Fsp3) is 0.200. The van der Waals surface area contributed by atoms with Crippen LogP contribution in [0.2, 0.25) is 0 Å². The molecular weight excluding hydrogens is 312 g/mol. The number of hydrogen-bond acceptors (Lipinski definition) is 5. The molecule has 0 atom stereocenters. The van der Waals surface area contributed by atoms with E-state index in [1.54, 1.807) is 0 Å². The molecule has 0 fully saturated rings. The number of nitrogens with zero attached hydrogens (tertiary/aromatic N) is 1. The fourth-order valence-electron chi connectivity index (χ4n) is 2.27. The van der Waals surface area contributed by atoms with Crippen LogP contribution in [0, 0.1) is 21.7 Å². The molecular formula is C15H11F2NO5. The Balaban J connectivity index is 1.88. The van der Waals surface area contributed by atoms with Gasteiger partial charge in [-0.1, -0.05) is 0 Å². The van der Waals surface area contributed by atoms with Gasteiger partial charge in [0.05, 0.1) is 11.5 Å². The zero-order chi connectivity index (χ0) is 16.4. The minimum Gasteiger partial charge on any atom is -0.482 e. The molecule has 0 unspecified atom stereocenters. The van der Waals surface area contributed by atoms with Crippen LogP contribution in [0.4, 0.5) is 14.5 Å². The average Bonchev–Trinajstić information content (AvgIpc) is 2.52. The number of hydrogen-bond donors (Lipinski definition) is 0. The van der Waals surface area contributed by atoms with Gasteiger partial charge in [-0.2, -0.15) is 0 Å². The summed E-state index contributed by atoms with van der Waals surface area (Å²) < 4.78 is 42.6. The third-order valence-electron chi connectivity index (χ3n) is 3.25. The van der Waals surface area contributed by atoms with Gasteiger partial charge in [0.25, 0.3) is 0 Å². The summed E-state index contributed by atoms with van der Waals surface area (Å²) in [4.78, 5) is 10.3. The summed E-state index contributed by atoms with van der Waals surface area (Å²) in [5, 5.41) is 10.9. The quantitative estimate of drug-likeness (QED) is 0.637. The molecule has 0 aromatic heterocycles. The lowest BCUT2D eigenvalue weighted by Crippen LogP contribution is -2.14. The lowest BCUT2D eigenvalue weighted by Gasteiger charge is -2.20. The van der Waals surface area contributed by atoms with Gasteiger partial charge in [0, 0.05) is 23.3 Å². The van der Waals surface area contributed by atoms with E-state index in [-0.39, 0.29) is 31.4 Å². The van der Waals surface area contributed by atoms with Crippen molar-refractivity contribution in [1.82, 2.24) is 0 Å². The maximum atomic E-state index is 13.6. The molecule has 1 aliphatic heterocycles. The van der Waals surface area contributed by atoms with Gasteiger partial charge in [0.2, 0.25) is 0 Å². The van der Waals surface area contributed by atoms with Gasteiger partial charge in [0.1, 0.15) is 24.0 Å². The Kier molecular flexibility index (Phi) is 4.07. The molecule has 0 saturated carbocycles. The largest absolute Gasteiger partial charge is 0.482 e. The van der Waals surface area contributed by atoms with Crippen molar-refractivity contribution in [2.75, 3.05) is 6.79 Å². The molecule has 0 amide bonds. The summed E-state index contributed by atoms with van der Waals surface area (Å²) in [6.07, 6.45) is 0. The predicted octanol–water partition coefficient (Wildman–Crippen LogP) is 3.32. The summed E-state index contributed by atoms with van der Waals surface area (Å²) in [6, 6.07) is 5.37.